The number of anilines is 1. The maximum absolute atomic E-state index is 12.5. The molecule has 1 aromatic heterocycles. The fourth-order valence-electron chi connectivity index (χ4n) is 4.40. The van der Waals surface area contributed by atoms with Crippen molar-refractivity contribution in [3.8, 4) is 0 Å². The highest BCUT2D eigenvalue weighted by atomic mass is 16.3. The molecule has 0 atom stereocenters. The SMILES string of the molecule is O=C(CCC1CCCCC1)Nc1ccc2c(c1)CN(C(=O)c1ccco1)CC2. The second-order valence-electron chi connectivity index (χ2n) is 8.03. The van der Waals surface area contributed by atoms with Gasteiger partial charge in [0.2, 0.25) is 5.91 Å². The van der Waals surface area contributed by atoms with Crippen molar-refractivity contribution >= 4 is 17.5 Å². The van der Waals surface area contributed by atoms with E-state index in [-0.39, 0.29) is 11.8 Å². The lowest BCUT2D eigenvalue weighted by Crippen LogP contribution is -2.35. The van der Waals surface area contributed by atoms with Crippen molar-refractivity contribution in [1.29, 1.82) is 0 Å². The number of hydrogen-bond donors (Lipinski definition) is 1. The van der Waals surface area contributed by atoms with Crippen LogP contribution in [-0.2, 0) is 17.8 Å². The molecule has 1 aliphatic carbocycles. The maximum atomic E-state index is 12.5. The second kappa shape index (κ2) is 8.63. The zero-order valence-corrected chi connectivity index (χ0v) is 16.3. The van der Waals surface area contributed by atoms with Crippen molar-refractivity contribution in [3.63, 3.8) is 0 Å². The Labute approximate surface area is 166 Å². The zero-order valence-electron chi connectivity index (χ0n) is 16.3. The molecule has 28 heavy (non-hydrogen) atoms. The molecule has 1 N–H and O–H groups in total. The van der Waals surface area contributed by atoms with Crippen LogP contribution in [0.15, 0.2) is 41.0 Å². The van der Waals surface area contributed by atoms with E-state index < -0.39 is 0 Å². The van der Waals surface area contributed by atoms with Crippen molar-refractivity contribution < 1.29 is 14.0 Å². The third-order valence-electron chi connectivity index (χ3n) is 6.03. The fourth-order valence-corrected chi connectivity index (χ4v) is 4.40. The number of nitrogens with one attached hydrogen (secondary N) is 1. The molecule has 2 amide bonds. The van der Waals surface area contributed by atoms with E-state index in [1.165, 1.54) is 43.9 Å². The summed E-state index contributed by atoms with van der Waals surface area (Å²) in [5.74, 6) is 1.09. The Hall–Kier alpha value is -2.56. The molecule has 0 unspecified atom stereocenters. The van der Waals surface area contributed by atoms with Crippen LogP contribution in [0.5, 0.6) is 0 Å². The summed E-state index contributed by atoms with van der Waals surface area (Å²) >= 11 is 0. The standard InChI is InChI=1S/C23H28N2O3/c26-22(11-8-17-5-2-1-3-6-17)24-20-10-9-18-12-13-25(16-19(18)15-20)23(27)21-7-4-14-28-21/h4,7,9-10,14-15,17H,1-3,5-6,8,11-13,16H2,(H,24,26). The molecule has 148 valence electrons. The van der Waals surface area contributed by atoms with Crippen molar-refractivity contribution in [2.24, 2.45) is 5.92 Å². The molecule has 2 aromatic rings. The maximum Gasteiger partial charge on any atom is 0.289 e. The number of fused-ring (bicyclic) bond motifs is 1. The first-order valence-corrected chi connectivity index (χ1v) is 10.4. The third-order valence-corrected chi connectivity index (χ3v) is 6.03. The molecule has 1 aromatic carbocycles. The van der Waals surface area contributed by atoms with Gasteiger partial charge < -0.3 is 14.6 Å². The van der Waals surface area contributed by atoms with Gasteiger partial charge >= 0.3 is 0 Å². The Morgan fingerprint density at radius 3 is 2.75 bits per heavy atom. The molecule has 0 bridgehead atoms. The minimum Gasteiger partial charge on any atom is -0.459 e. The van der Waals surface area contributed by atoms with E-state index >= 15 is 0 Å². The number of benzene rings is 1. The smallest absolute Gasteiger partial charge is 0.289 e. The Kier molecular flexibility index (Phi) is 5.79. The van der Waals surface area contributed by atoms with Gasteiger partial charge in [0.05, 0.1) is 6.26 Å². The van der Waals surface area contributed by atoms with Crippen LogP contribution in [0.3, 0.4) is 0 Å². The van der Waals surface area contributed by atoms with Gasteiger partial charge in [0, 0.05) is 25.2 Å². The van der Waals surface area contributed by atoms with Gasteiger partial charge in [-0.3, -0.25) is 9.59 Å². The monoisotopic (exact) mass is 380 g/mol. The van der Waals surface area contributed by atoms with E-state index in [0.29, 0.717) is 31.2 Å². The van der Waals surface area contributed by atoms with Crippen LogP contribution in [0.1, 0.15) is 66.6 Å². The summed E-state index contributed by atoms with van der Waals surface area (Å²) in [6.07, 6.45) is 10.4. The van der Waals surface area contributed by atoms with E-state index in [1.54, 1.807) is 17.0 Å². The van der Waals surface area contributed by atoms with Crippen LogP contribution in [-0.4, -0.2) is 23.3 Å². The van der Waals surface area contributed by atoms with Crippen molar-refractivity contribution in [2.45, 2.75) is 57.9 Å². The zero-order chi connectivity index (χ0) is 19.3. The van der Waals surface area contributed by atoms with Crippen molar-refractivity contribution in [2.75, 3.05) is 11.9 Å². The van der Waals surface area contributed by atoms with Crippen LogP contribution in [0, 0.1) is 5.92 Å². The number of amides is 2. The van der Waals surface area contributed by atoms with Gasteiger partial charge in [-0.2, -0.15) is 0 Å². The molecule has 0 saturated heterocycles. The topological polar surface area (TPSA) is 62.6 Å². The highest BCUT2D eigenvalue weighted by molar-refractivity contribution is 5.92. The minimum absolute atomic E-state index is 0.0856. The molecule has 5 nitrogen and oxygen atoms in total. The Bertz CT molecular complexity index is 822. The molecule has 2 aliphatic rings. The largest absolute Gasteiger partial charge is 0.459 e. The van der Waals surface area contributed by atoms with Gasteiger partial charge in [-0.15, -0.1) is 0 Å². The second-order valence-corrected chi connectivity index (χ2v) is 8.03. The minimum atomic E-state index is -0.0856. The molecule has 2 heterocycles. The first-order valence-electron chi connectivity index (χ1n) is 10.4. The Morgan fingerprint density at radius 1 is 1.11 bits per heavy atom. The summed E-state index contributed by atoms with van der Waals surface area (Å²) in [4.78, 5) is 26.7. The van der Waals surface area contributed by atoms with E-state index in [2.05, 4.69) is 11.4 Å². The molecular formula is C23H28N2O3. The molecule has 5 heteroatoms. The Balaban J connectivity index is 1.35. The highest BCUT2D eigenvalue weighted by Crippen LogP contribution is 2.28. The van der Waals surface area contributed by atoms with Crippen LogP contribution in [0.2, 0.25) is 0 Å². The highest BCUT2D eigenvalue weighted by Gasteiger charge is 2.23. The number of nitrogens with zero attached hydrogens (tertiary/aromatic N) is 1. The average Bonchev–Trinajstić information content (AvgIpc) is 3.27. The molecule has 4 rings (SSSR count). The third kappa shape index (κ3) is 4.46. The lowest BCUT2D eigenvalue weighted by molar-refractivity contribution is -0.116. The molecule has 1 aliphatic heterocycles. The molecule has 0 spiro atoms. The van der Waals surface area contributed by atoms with Gasteiger partial charge in [0.1, 0.15) is 0 Å². The first-order chi connectivity index (χ1) is 13.7. The van der Waals surface area contributed by atoms with Crippen LogP contribution >= 0.6 is 0 Å². The van der Waals surface area contributed by atoms with E-state index in [9.17, 15) is 9.59 Å². The van der Waals surface area contributed by atoms with Gasteiger partial charge in [-0.25, -0.2) is 0 Å². The number of rotatable bonds is 5. The number of hydrogen-bond acceptors (Lipinski definition) is 3. The van der Waals surface area contributed by atoms with Gasteiger partial charge in [0.15, 0.2) is 5.76 Å². The summed E-state index contributed by atoms with van der Waals surface area (Å²) in [5, 5.41) is 3.04. The summed E-state index contributed by atoms with van der Waals surface area (Å²) in [6, 6.07) is 9.48. The molecule has 1 saturated carbocycles. The number of furan rings is 1. The predicted octanol–water partition coefficient (Wildman–Crippen LogP) is 4.78. The van der Waals surface area contributed by atoms with Gasteiger partial charge in [-0.1, -0.05) is 38.2 Å². The van der Waals surface area contributed by atoms with Gasteiger partial charge in [-0.05, 0) is 54.2 Å². The summed E-state index contributed by atoms with van der Waals surface area (Å²) in [5.41, 5.74) is 3.15. The molecule has 0 radical (unpaired) electrons. The molecular weight excluding hydrogens is 352 g/mol. The summed E-state index contributed by atoms with van der Waals surface area (Å²) < 4.78 is 5.24. The normalized spacial score (nSPS) is 17.2. The van der Waals surface area contributed by atoms with Crippen molar-refractivity contribution in [3.05, 3.63) is 53.5 Å². The van der Waals surface area contributed by atoms with Crippen LogP contribution in [0.4, 0.5) is 5.69 Å². The first kappa shape index (κ1) is 18.8. The fraction of sp³-hybridized carbons (Fsp3) is 0.478. The van der Waals surface area contributed by atoms with Gasteiger partial charge in [0.25, 0.3) is 5.91 Å². The average molecular weight is 380 g/mol. The summed E-state index contributed by atoms with van der Waals surface area (Å²) in [6.45, 7) is 1.22. The van der Waals surface area contributed by atoms with E-state index in [1.807, 2.05) is 12.1 Å². The lowest BCUT2D eigenvalue weighted by atomic mass is 9.86. The molecule has 1 fully saturated rings. The predicted molar refractivity (Wildman–Crippen MR) is 108 cm³/mol. The van der Waals surface area contributed by atoms with Crippen LogP contribution in [0.25, 0.3) is 0 Å². The quantitative estimate of drug-likeness (QED) is 0.812. The Morgan fingerprint density at radius 2 is 1.96 bits per heavy atom. The van der Waals surface area contributed by atoms with Crippen LogP contribution < -0.4 is 5.32 Å². The number of carbonyl (C=O) groups is 2. The number of carbonyl (C=O) groups excluding carboxylic acids is 2. The summed E-state index contributed by atoms with van der Waals surface area (Å²) in [7, 11) is 0. The van der Waals surface area contributed by atoms with Crippen molar-refractivity contribution in [1.82, 2.24) is 4.90 Å². The van der Waals surface area contributed by atoms with E-state index in [4.69, 9.17) is 4.42 Å². The van der Waals surface area contributed by atoms with E-state index in [0.717, 1.165) is 24.1 Å². The lowest BCUT2D eigenvalue weighted by Gasteiger charge is -2.28.